The Hall–Kier alpha value is -3.23. The fourth-order valence-corrected chi connectivity index (χ4v) is 10.0. The van der Waals surface area contributed by atoms with Gasteiger partial charge in [0.05, 0.1) is 19.6 Å². The number of carbonyl (C=O) groups excluding carboxylic acids is 5. The Balaban J connectivity index is 0.794. The van der Waals surface area contributed by atoms with Crippen LogP contribution in [0.15, 0.2) is 11.1 Å². The first-order valence-corrected chi connectivity index (χ1v) is 18.4. The van der Waals surface area contributed by atoms with Gasteiger partial charge in [-0.05, 0) is 25.3 Å². The van der Waals surface area contributed by atoms with Crippen LogP contribution in [0.1, 0.15) is 52.4 Å². The summed E-state index contributed by atoms with van der Waals surface area (Å²) in [5.41, 5.74) is -0.441. The Morgan fingerprint density at radius 3 is 2.28 bits per heavy atom. The van der Waals surface area contributed by atoms with Crippen LogP contribution in [0.25, 0.3) is 0 Å². The highest BCUT2D eigenvalue weighted by atomic mass is 16.7. The molecule has 6 heterocycles. The van der Waals surface area contributed by atoms with E-state index in [1.54, 1.807) is 4.90 Å². The van der Waals surface area contributed by atoms with Crippen LogP contribution in [0.5, 0.6) is 0 Å². The molecule has 5 N–H and O–H groups in total. The van der Waals surface area contributed by atoms with Crippen LogP contribution >= 0.6 is 0 Å². The maximum Gasteiger partial charge on any atom is 0.334 e. The molecule has 18 heteroatoms. The van der Waals surface area contributed by atoms with E-state index in [0.717, 1.165) is 11.1 Å². The topological polar surface area (TPSA) is 247 Å². The molecule has 0 aromatic rings. The number of amides is 3. The number of epoxide rings is 2. The number of nitrogens with one attached hydrogen (secondary N) is 1. The van der Waals surface area contributed by atoms with Gasteiger partial charge in [0.25, 0.3) is 0 Å². The third kappa shape index (κ3) is 5.70. The molecule has 292 valence electrons. The van der Waals surface area contributed by atoms with Crippen LogP contribution in [0.3, 0.4) is 0 Å². The first kappa shape index (κ1) is 36.7. The summed E-state index contributed by atoms with van der Waals surface area (Å²) < 4.78 is 35.6. The number of cyclic esters (lactones) is 1. The van der Waals surface area contributed by atoms with Crippen LogP contribution in [-0.4, -0.2) is 172 Å². The van der Waals surface area contributed by atoms with E-state index < -0.39 is 71.8 Å². The molecule has 1 spiro atoms. The monoisotopic (exact) mass is 749 g/mol. The molecule has 18 nitrogen and oxygen atoms in total. The molecule has 53 heavy (non-hydrogen) atoms. The fraction of sp³-hybridized carbons (Fsp3) is 0.800. The Morgan fingerprint density at radius 2 is 1.60 bits per heavy atom. The summed E-state index contributed by atoms with van der Waals surface area (Å²) in [5, 5.41) is 41.9. The minimum atomic E-state index is -1.66. The van der Waals surface area contributed by atoms with Crippen LogP contribution in [0, 0.1) is 11.3 Å². The number of piperazine rings is 1. The second-order valence-corrected chi connectivity index (χ2v) is 15.8. The molecule has 6 aliphatic heterocycles. The quantitative estimate of drug-likeness (QED) is 0.117. The zero-order chi connectivity index (χ0) is 37.6. The van der Waals surface area contributed by atoms with Crippen molar-refractivity contribution in [2.75, 3.05) is 46.0 Å². The van der Waals surface area contributed by atoms with Gasteiger partial charge in [0.15, 0.2) is 12.4 Å². The lowest BCUT2D eigenvalue weighted by molar-refractivity contribution is -0.253. The molecule has 2 unspecified atom stereocenters. The van der Waals surface area contributed by atoms with Crippen molar-refractivity contribution in [2.45, 2.75) is 119 Å². The van der Waals surface area contributed by atoms with Crippen molar-refractivity contribution in [2.24, 2.45) is 11.3 Å². The maximum absolute atomic E-state index is 13.3. The first-order chi connectivity index (χ1) is 25.2. The Bertz CT molecular complexity index is 1600. The van der Waals surface area contributed by atoms with Gasteiger partial charge in [0.1, 0.15) is 60.5 Å². The van der Waals surface area contributed by atoms with E-state index in [0.29, 0.717) is 19.4 Å². The van der Waals surface area contributed by atoms with Crippen molar-refractivity contribution in [1.82, 2.24) is 15.1 Å². The van der Waals surface area contributed by atoms with Crippen LogP contribution in [0.2, 0.25) is 0 Å². The highest BCUT2D eigenvalue weighted by Crippen LogP contribution is 2.74. The molecule has 2 aliphatic carbocycles. The number of aliphatic hydroxyl groups is 4. The number of ether oxygens (including phenoxy) is 6. The van der Waals surface area contributed by atoms with Crippen molar-refractivity contribution >= 4 is 29.7 Å². The largest absolute Gasteiger partial charge is 0.458 e. The molecule has 3 amide bonds. The third-order valence-electron chi connectivity index (χ3n) is 13.2. The molecule has 0 aromatic heterocycles. The lowest BCUT2D eigenvalue weighted by Crippen LogP contribution is -2.72. The van der Waals surface area contributed by atoms with Crippen molar-refractivity contribution in [3.05, 3.63) is 11.1 Å². The zero-order valence-corrected chi connectivity index (χ0v) is 29.6. The second kappa shape index (κ2) is 13.2. The van der Waals surface area contributed by atoms with E-state index in [2.05, 4.69) is 12.2 Å². The number of fused-ring (bicyclic) bond motifs is 4. The maximum atomic E-state index is 13.3. The van der Waals surface area contributed by atoms with Crippen LogP contribution in [0.4, 0.5) is 0 Å². The molecule has 0 radical (unpaired) electrons. The number of hydrogen-bond acceptors (Lipinski definition) is 15. The van der Waals surface area contributed by atoms with Crippen LogP contribution in [-0.2, 0) is 52.4 Å². The third-order valence-corrected chi connectivity index (χ3v) is 13.2. The zero-order valence-electron chi connectivity index (χ0n) is 29.6. The van der Waals surface area contributed by atoms with Crippen molar-refractivity contribution in [3.8, 4) is 0 Å². The van der Waals surface area contributed by atoms with Gasteiger partial charge in [-0.2, -0.15) is 0 Å². The number of rotatable bonds is 9. The predicted octanol–water partition coefficient (Wildman–Crippen LogP) is -2.98. The average molecular weight is 750 g/mol. The second-order valence-electron chi connectivity index (χ2n) is 15.8. The highest BCUT2D eigenvalue weighted by molar-refractivity contribution is 5.92. The fourth-order valence-electron chi connectivity index (χ4n) is 10.0. The Labute approximate surface area is 304 Å². The van der Waals surface area contributed by atoms with E-state index in [9.17, 15) is 44.4 Å². The molecule has 0 bridgehead atoms. The summed E-state index contributed by atoms with van der Waals surface area (Å²) in [6, 6.07) is -1.35. The standard InChI is InChI=1S/C35H47N3O15/c1-33-8-7-16-17(14-48-31(16)46)18(33)15-49-34(2)29(27-28(52-27)30-35(33,34)53-30)51-23(43)6-5-22(42)38-11-9-37(10-12-38)21(41)4-3-20(40)36-24-26(45)25(44)19(13-39)50-32(24)47/h18-19,24-30,32,39,44-45,47H,3-15H2,1-2H3,(H,36,40)/t18-,19-,24-,25-,26-,27?,28+,29+,30-,32?,33-,34+,35+/m0/s1. The van der Waals surface area contributed by atoms with E-state index in [4.69, 9.17) is 28.4 Å². The van der Waals surface area contributed by atoms with Gasteiger partial charge in [0.2, 0.25) is 17.7 Å². The summed E-state index contributed by atoms with van der Waals surface area (Å²) >= 11 is 0. The molecular formula is C35H47N3O15. The first-order valence-electron chi connectivity index (χ1n) is 18.4. The Kier molecular flexibility index (Phi) is 9.16. The minimum absolute atomic E-state index is 0.0696. The van der Waals surface area contributed by atoms with E-state index in [1.807, 2.05) is 6.92 Å². The summed E-state index contributed by atoms with van der Waals surface area (Å²) in [4.78, 5) is 67.1. The predicted molar refractivity (Wildman–Crippen MR) is 173 cm³/mol. The van der Waals surface area contributed by atoms with Gasteiger partial charge in [-0.25, -0.2) is 4.79 Å². The molecule has 0 aromatic carbocycles. The molecule has 5 saturated heterocycles. The smallest absolute Gasteiger partial charge is 0.334 e. The van der Waals surface area contributed by atoms with Gasteiger partial charge in [-0.15, -0.1) is 0 Å². The van der Waals surface area contributed by atoms with Crippen molar-refractivity contribution in [3.63, 3.8) is 0 Å². The molecule has 8 rings (SSSR count). The van der Waals surface area contributed by atoms with Gasteiger partial charge in [-0.1, -0.05) is 6.92 Å². The van der Waals surface area contributed by atoms with E-state index in [1.165, 1.54) is 4.90 Å². The van der Waals surface area contributed by atoms with E-state index >= 15 is 0 Å². The van der Waals surface area contributed by atoms with Crippen molar-refractivity contribution in [1.29, 1.82) is 0 Å². The number of hydrogen-bond donors (Lipinski definition) is 5. The highest BCUT2D eigenvalue weighted by Gasteiger charge is 2.90. The van der Waals surface area contributed by atoms with Gasteiger partial charge >= 0.3 is 11.9 Å². The number of carbonyl (C=O) groups is 5. The van der Waals surface area contributed by atoms with Crippen LogP contribution < -0.4 is 5.32 Å². The summed E-state index contributed by atoms with van der Waals surface area (Å²) in [7, 11) is 0. The van der Waals surface area contributed by atoms with Gasteiger partial charge in [0, 0.05) is 62.3 Å². The summed E-state index contributed by atoms with van der Waals surface area (Å²) in [6.45, 7) is 5.00. The van der Waals surface area contributed by atoms with Gasteiger partial charge in [-0.3, -0.25) is 19.2 Å². The number of aliphatic hydroxyl groups excluding tert-OH is 4. The van der Waals surface area contributed by atoms with Gasteiger partial charge < -0.3 is 64.0 Å². The number of esters is 2. The SMILES string of the molecule is C[C@]12CCC3=C(COC3=O)[C@@H]1CO[C@]1(C)[C@H](OC(=O)CCC(=O)N3CCN(C(=O)CCC(=O)N[C@@H]4C(O)O[C@@H](CO)[C@H](O)[C@H]4O)CC3)C3O[C@H]3[C@@H]3O[C@]321. The minimum Gasteiger partial charge on any atom is -0.458 e. The molecule has 8 aliphatic rings. The molecule has 13 atom stereocenters. The average Bonchev–Trinajstić information content (AvgIpc) is 4.06. The summed E-state index contributed by atoms with van der Waals surface area (Å²) in [6.07, 6.45) is -6.91. The lowest BCUT2D eigenvalue weighted by atomic mass is 9.50. The van der Waals surface area contributed by atoms with Crippen molar-refractivity contribution < 1.29 is 72.8 Å². The number of nitrogens with zero attached hydrogens (tertiary/aromatic N) is 2. The molecule has 1 saturated carbocycles. The normalized spacial score (nSPS) is 43.7. The molecular weight excluding hydrogens is 702 g/mol. The van der Waals surface area contributed by atoms with E-state index in [-0.39, 0.29) is 100 Å². The summed E-state index contributed by atoms with van der Waals surface area (Å²) in [5.74, 6) is -2.11. The Morgan fingerprint density at radius 1 is 0.925 bits per heavy atom. The lowest BCUT2D eigenvalue weighted by Gasteiger charge is -2.58. The molecule has 6 fully saturated rings.